The Bertz CT molecular complexity index is 327. The molecule has 0 saturated carbocycles. The third kappa shape index (κ3) is 16.7. The maximum Gasteiger partial charge on any atom is 0.305 e. The van der Waals surface area contributed by atoms with Crippen molar-refractivity contribution in [3.05, 3.63) is 36.5 Å². The van der Waals surface area contributed by atoms with Crippen LogP contribution in [0.5, 0.6) is 0 Å². The number of hydrogen-bond acceptors (Lipinski definition) is 2. The van der Waals surface area contributed by atoms with Gasteiger partial charge < -0.3 is 4.74 Å². The van der Waals surface area contributed by atoms with E-state index in [2.05, 4.69) is 48.1 Å². The van der Waals surface area contributed by atoms with Gasteiger partial charge in [-0.2, -0.15) is 0 Å². The largest absolute Gasteiger partial charge is 0.469 e. The molecule has 2 nitrogen and oxygen atoms in total. The van der Waals surface area contributed by atoms with Crippen LogP contribution in [0.2, 0.25) is 0 Å². The summed E-state index contributed by atoms with van der Waals surface area (Å²) in [6.45, 7) is 2.16. The molecule has 22 heavy (non-hydrogen) atoms. The number of hydrogen-bond donors (Lipinski definition) is 0. The third-order valence-electron chi connectivity index (χ3n) is 3.51. The van der Waals surface area contributed by atoms with Gasteiger partial charge in [0.25, 0.3) is 0 Å². The Morgan fingerprint density at radius 2 is 1.32 bits per heavy atom. The average molecular weight is 306 g/mol. The molecule has 0 atom stereocenters. The number of methoxy groups -OCH3 is 1. The molecule has 0 heterocycles. The molecule has 0 N–H and O–H groups in total. The maximum absolute atomic E-state index is 10.9. The lowest BCUT2D eigenvalue weighted by molar-refractivity contribution is -0.140. The molecule has 0 amide bonds. The van der Waals surface area contributed by atoms with E-state index < -0.39 is 0 Å². The van der Waals surface area contributed by atoms with Gasteiger partial charge in [-0.25, -0.2) is 0 Å². The number of carbonyl (C=O) groups excluding carboxylic acids is 1. The van der Waals surface area contributed by atoms with Gasteiger partial charge >= 0.3 is 5.97 Å². The molecule has 0 aromatic heterocycles. The van der Waals surface area contributed by atoms with Gasteiger partial charge in [-0.1, -0.05) is 69.1 Å². The van der Waals surface area contributed by atoms with E-state index in [1.54, 1.807) is 0 Å². The zero-order valence-electron chi connectivity index (χ0n) is 14.6. The zero-order valence-corrected chi connectivity index (χ0v) is 14.6. The van der Waals surface area contributed by atoms with Gasteiger partial charge in [0.1, 0.15) is 0 Å². The van der Waals surface area contributed by atoms with Gasteiger partial charge in [-0.3, -0.25) is 4.79 Å². The van der Waals surface area contributed by atoms with Crippen molar-refractivity contribution < 1.29 is 9.53 Å². The second kappa shape index (κ2) is 17.7. The standard InChI is InChI=1S/C20H34O2/c1-3-4-5-6-7-8-9-10-11-12-13-14-15-16-17-18-19-20(21)22-2/h4-5,7-8,10-11H,3,6,9,12-19H2,1-2H3. The van der Waals surface area contributed by atoms with Crippen molar-refractivity contribution in [2.75, 3.05) is 7.11 Å². The highest BCUT2D eigenvalue weighted by Crippen LogP contribution is 2.09. The number of unbranched alkanes of at least 4 members (excludes halogenated alkanes) is 6. The molecule has 0 unspecified atom stereocenters. The van der Waals surface area contributed by atoms with Crippen molar-refractivity contribution >= 4 is 5.97 Å². The fourth-order valence-corrected chi connectivity index (χ4v) is 2.17. The topological polar surface area (TPSA) is 26.3 Å². The Hall–Kier alpha value is -1.31. The first-order chi connectivity index (χ1) is 10.8. The van der Waals surface area contributed by atoms with E-state index in [9.17, 15) is 4.79 Å². The van der Waals surface area contributed by atoms with Crippen molar-refractivity contribution in [1.29, 1.82) is 0 Å². The third-order valence-corrected chi connectivity index (χ3v) is 3.51. The molecule has 0 fully saturated rings. The van der Waals surface area contributed by atoms with E-state index >= 15 is 0 Å². The monoisotopic (exact) mass is 306 g/mol. The molecule has 0 aliphatic rings. The van der Waals surface area contributed by atoms with Crippen LogP contribution in [-0.2, 0) is 9.53 Å². The van der Waals surface area contributed by atoms with Crippen molar-refractivity contribution in [3.8, 4) is 0 Å². The highest BCUT2D eigenvalue weighted by atomic mass is 16.5. The van der Waals surface area contributed by atoms with Crippen LogP contribution in [0.1, 0.15) is 77.6 Å². The van der Waals surface area contributed by atoms with Crippen molar-refractivity contribution in [1.82, 2.24) is 0 Å². The molecule has 0 radical (unpaired) electrons. The van der Waals surface area contributed by atoms with E-state index in [1.165, 1.54) is 39.2 Å². The smallest absolute Gasteiger partial charge is 0.305 e. The predicted octanol–water partition coefficient (Wildman–Crippen LogP) is 6.14. The van der Waals surface area contributed by atoms with Crippen molar-refractivity contribution in [2.24, 2.45) is 0 Å². The van der Waals surface area contributed by atoms with Crippen LogP contribution in [-0.4, -0.2) is 13.1 Å². The number of allylic oxidation sites excluding steroid dienone is 6. The van der Waals surface area contributed by atoms with Crippen LogP contribution < -0.4 is 0 Å². The molecule has 0 saturated heterocycles. The highest BCUT2D eigenvalue weighted by molar-refractivity contribution is 5.68. The molecule has 2 heteroatoms. The Morgan fingerprint density at radius 1 is 0.773 bits per heavy atom. The van der Waals surface area contributed by atoms with Gasteiger partial charge in [0.2, 0.25) is 0 Å². The van der Waals surface area contributed by atoms with Gasteiger partial charge in [-0.05, 0) is 38.5 Å². The van der Waals surface area contributed by atoms with Crippen LogP contribution in [0, 0.1) is 0 Å². The summed E-state index contributed by atoms with van der Waals surface area (Å²) in [5, 5.41) is 0. The molecule has 0 aromatic carbocycles. The number of ether oxygens (including phenoxy) is 1. The van der Waals surface area contributed by atoms with Crippen LogP contribution in [0.3, 0.4) is 0 Å². The van der Waals surface area contributed by atoms with Gasteiger partial charge in [0, 0.05) is 6.42 Å². The van der Waals surface area contributed by atoms with Crippen molar-refractivity contribution in [3.63, 3.8) is 0 Å². The van der Waals surface area contributed by atoms with Crippen LogP contribution in [0.15, 0.2) is 36.5 Å². The Morgan fingerprint density at radius 3 is 1.95 bits per heavy atom. The summed E-state index contributed by atoms with van der Waals surface area (Å²) in [6.07, 6.45) is 25.6. The van der Waals surface area contributed by atoms with Gasteiger partial charge in [-0.15, -0.1) is 0 Å². The predicted molar refractivity (Wildman–Crippen MR) is 95.9 cm³/mol. The minimum absolute atomic E-state index is 0.0828. The lowest BCUT2D eigenvalue weighted by Gasteiger charge is -2.00. The summed E-state index contributed by atoms with van der Waals surface area (Å²) in [6, 6.07) is 0. The SMILES string of the molecule is CCC=CCC=CCC=CCCCCCCCCC(=O)OC. The van der Waals surface area contributed by atoms with Crippen molar-refractivity contribution in [2.45, 2.75) is 77.6 Å². The Labute approximate surface area is 137 Å². The summed E-state index contributed by atoms with van der Waals surface area (Å²) in [4.78, 5) is 10.9. The number of esters is 1. The lowest BCUT2D eigenvalue weighted by Crippen LogP contribution is -1.99. The van der Waals surface area contributed by atoms with Gasteiger partial charge in [0.15, 0.2) is 0 Å². The van der Waals surface area contributed by atoms with Crippen LogP contribution in [0.4, 0.5) is 0 Å². The minimum Gasteiger partial charge on any atom is -0.469 e. The van der Waals surface area contributed by atoms with Crippen LogP contribution >= 0.6 is 0 Å². The molecular weight excluding hydrogens is 272 g/mol. The van der Waals surface area contributed by atoms with E-state index in [1.807, 2.05) is 0 Å². The van der Waals surface area contributed by atoms with E-state index in [-0.39, 0.29) is 5.97 Å². The molecule has 126 valence electrons. The minimum atomic E-state index is -0.0828. The summed E-state index contributed by atoms with van der Waals surface area (Å²) < 4.78 is 4.62. The Kier molecular flexibility index (Phi) is 16.7. The maximum atomic E-state index is 10.9. The fraction of sp³-hybridized carbons (Fsp3) is 0.650. The average Bonchev–Trinajstić information content (AvgIpc) is 2.54. The second-order valence-corrected chi connectivity index (χ2v) is 5.53. The van der Waals surface area contributed by atoms with E-state index in [0.717, 1.165) is 32.1 Å². The highest BCUT2D eigenvalue weighted by Gasteiger charge is 1.98. The fourth-order valence-electron chi connectivity index (χ4n) is 2.17. The summed E-state index contributed by atoms with van der Waals surface area (Å²) in [7, 11) is 1.45. The zero-order chi connectivity index (χ0) is 16.3. The molecule has 0 aromatic rings. The second-order valence-electron chi connectivity index (χ2n) is 5.53. The molecule has 0 bridgehead atoms. The first-order valence-electron chi connectivity index (χ1n) is 8.83. The van der Waals surface area contributed by atoms with E-state index in [4.69, 9.17) is 0 Å². The summed E-state index contributed by atoms with van der Waals surface area (Å²) in [5.74, 6) is -0.0828. The summed E-state index contributed by atoms with van der Waals surface area (Å²) >= 11 is 0. The first kappa shape index (κ1) is 20.7. The quantitative estimate of drug-likeness (QED) is 0.219. The summed E-state index contributed by atoms with van der Waals surface area (Å²) in [5.41, 5.74) is 0. The number of rotatable bonds is 14. The molecule has 0 aliphatic carbocycles. The molecular formula is C20H34O2. The lowest BCUT2D eigenvalue weighted by atomic mass is 10.1. The van der Waals surface area contributed by atoms with E-state index in [0.29, 0.717) is 6.42 Å². The van der Waals surface area contributed by atoms with Crippen LogP contribution in [0.25, 0.3) is 0 Å². The molecule has 0 aliphatic heterocycles. The molecule has 0 rings (SSSR count). The van der Waals surface area contributed by atoms with Gasteiger partial charge in [0.05, 0.1) is 7.11 Å². The Balaban J connectivity index is 3.23. The normalized spacial score (nSPS) is 11.9. The first-order valence-corrected chi connectivity index (χ1v) is 8.83. The molecule has 0 spiro atoms. The number of carbonyl (C=O) groups is 1.